The molecule has 2 rings (SSSR count). The fourth-order valence-corrected chi connectivity index (χ4v) is 2.39. The van der Waals surface area contributed by atoms with Gasteiger partial charge in [-0.25, -0.2) is 0 Å². The molecule has 0 amide bonds. The van der Waals surface area contributed by atoms with Crippen molar-refractivity contribution in [1.82, 2.24) is 15.5 Å². The molecule has 1 aromatic heterocycles. The van der Waals surface area contributed by atoms with Crippen molar-refractivity contribution in [2.75, 3.05) is 14.2 Å². The number of nitrogens with one attached hydrogen (secondary N) is 1. The van der Waals surface area contributed by atoms with Gasteiger partial charge in [-0.3, -0.25) is 0 Å². The molecule has 2 unspecified atom stereocenters. The topological polar surface area (TPSA) is 60.2 Å². The van der Waals surface area contributed by atoms with E-state index in [1.807, 2.05) is 7.05 Å². The first kappa shape index (κ1) is 14.5. The van der Waals surface area contributed by atoms with E-state index in [4.69, 9.17) is 9.26 Å². The molecule has 1 N–H and O–H groups in total. The molecule has 5 nitrogen and oxygen atoms in total. The van der Waals surface area contributed by atoms with Crippen molar-refractivity contribution in [3.8, 4) is 0 Å². The first-order valence-corrected chi connectivity index (χ1v) is 6.98. The number of likely N-dealkylation sites (N-methyl/N-ethyl adjacent to an activating group) is 1. The van der Waals surface area contributed by atoms with Crippen molar-refractivity contribution in [2.24, 2.45) is 11.3 Å². The van der Waals surface area contributed by atoms with E-state index < -0.39 is 0 Å². The standard InChI is InChI=1S/C14H25N3O2/c1-14(2,3)10(15-4)8-11-16-13(17-19-11)12(18-5)9-6-7-9/h9-10,12,15H,6-8H2,1-5H3. The predicted octanol–water partition coefficient (Wildman–Crippen LogP) is 2.34. The Bertz CT molecular complexity index is 407. The summed E-state index contributed by atoms with van der Waals surface area (Å²) in [6.07, 6.45) is 3.14. The summed E-state index contributed by atoms with van der Waals surface area (Å²) in [5.74, 6) is 1.95. The van der Waals surface area contributed by atoms with Crippen molar-refractivity contribution in [3.63, 3.8) is 0 Å². The second kappa shape index (κ2) is 5.59. The highest BCUT2D eigenvalue weighted by molar-refractivity contribution is 5.00. The SMILES string of the molecule is CNC(Cc1nc(C(OC)C2CC2)no1)C(C)(C)C. The maximum Gasteiger partial charge on any atom is 0.228 e. The minimum Gasteiger partial charge on any atom is -0.373 e. The van der Waals surface area contributed by atoms with E-state index >= 15 is 0 Å². The molecule has 0 spiro atoms. The smallest absolute Gasteiger partial charge is 0.228 e. The maximum absolute atomic E-state index is 5.47. The van der Waals surface area contributed by atoms with E-state index in [0.29, 0.717) is 23.7 Å². The average molecular weight is 267 g/mol. The molecule has 2 atom stereocenters. The van der Waals surface area contributed by atoms with Gasteiger partial charge in [-0.2, -0.15) is 4.98 Å². The van der Waals surface area contributed by atoms with Gasteiger partial charge in [-0.1, -0.05) is 25.9 Å². The van der Waals surface area contributed by atoms with Gasteiger partial charge in [-0.15, -0.1) is 0 Å². The van der Waals surface area contributed by atoms with Gasteiger partial charge < -0.3 is 14.6 Å². The minimum atomic E-state index is 0.000160. The number of ether oxygens (including phenoxy) is 1. The summed E-state index contributed by atoms with van der Waals surface area (Å²) >= 11 is 0. The van der Waals surface area contributed by atoms with Crippen LogP contribution in [0.4, 0.5) is 0 Å². The fourth-order valence-electron chi connectivity index (χ4n) is 2.39. The van der Waals surface area contributed by atoms with Crippen LogP contribution in [0.1, 0.15) is 51.4 Å². The number of nitrogens with zero attached hydrogens (tertiary/aromatic N) is 2. The molecule has 108 valence electrons. The largest absolute Gasteiger partial charge is 0.373 e. The molecular weight excluding hydrogens is 242 g/mol. The van der Waals surface area contributed by atoms with Crippen molar-refractivity contribution in [1.29, 1.82) is 0 Å². The van der Waals surface area contributed by atoms with Crippen LogP contribution in [0.3, 0.4) is 0 Å². The Labute approximate surface area is 115 Å². The third-order valence-corrected chi connectivity index (χ3v) is 3.81. The van der Waals surface area contributed by atoms with Gasteiger partial charge >= 0.3 is 0 Å². The van der Waals surface area contributed by atoms with E-state index in [-0.39, 0.29) is 11.5 Å². The molecule has 0 bridgehead atoms. The lowest BCUT2D eigenvalue weighted by Gasteiger charge is -2.29. The maximum atomic E-state index is 5.47. The summed E-state index contributed by atoms with van der Waals surface area (Å²) in [5, 5.41) is 7.40. The van der Waals surface area contributed by atoms with Gasteiger partial charge in [0, 0.05) is 19.6 Å². The van der Waals surface area contributed by atoms with Crippen LogP contribution in [-0.4, -0.2) is 30.3 Å². The first-order valence-electron chi connectivity index (χ1n) is 6.98. The third kappa shape index (κ3) is 3.54. The summed E-state index contributed by atoms with van der Waals surface area (Å²) < 4.78 is 10.8. The van der Waals surface area contributed by atoms with Crippen LogP contribution in [0.2, 0.25) is 0 Å². The highest BCUT2D eigenvalue weighted by atomic mass is 16.5. The molecule has 5 heteroatoms. The molecule has 0 radical (unpaired) electrons. The molecule has 0 aromatic carbocycles. The normalized spacial score (nSPS) is 19.4. The molecule has 1 saturated carbocycles. The first-order chi connectivity index (χ1) is 8.95. The number of aromatic nitrogens is 2. The quantitative estimate of drug-likeness (QED) is 0.857. The highest BCUT2D eigenvalue weighted by Gasteiger charge is 2.36. The Kier molecular flexibility index (Phi) is 4.26. The second-order valence-electron chi connectivity index (χ2n) is 6.45. The van der Waals surface area contributed by atoms with E-state index in [9.17, 15) is 0 Å². The Morgan fingerprint density at radius 2 is 2.11 bits per heavy atom. The fraction of sp³-hybridized carbons (Fsp3) is 0.857. The Morgan fingerprint density at radius 1 is 1.42 bits per heavy atom. The lowest BCUT2D eigenvalue weighted by Crippen LogP contribution is -2.39. The zero-order valence-corrected chi connectivity index (χ0v) is 12.6. The molecule has 1 aromatic rings. The van der Waals surface area contributed by atoms with Crippen LogP contribution in [0.15, 0.2) is 4.52 Å². The van der Waals surface area contributed by atoms with E-state index in [2.05, 4.69) is 36.2 Å². The Morgan fingerprint density at radius 3 is 2.58 bits per heavy atom. The lowest BCUT2D eigenvalue weighted by molar-refractivity contribution is 0.0751. The van der Waals surface area contributed by atoms with Crippen LogP contribution >= 0.6 is 0 Å². The molecule has 1 aliphatic rings. The average Bonchev–Trinajstić information content (AvgIpc) is 3.05. The van der Waals surface area contributed by atoms with Crippen molar-refractivity contribution in [2.45, 2.75) is 52.2 Å². The van der Waals surface area contributed by atoms with Crippen molar-refractivity contribution >= 4 is 0 Å². The van der Waals surface area contributed by atoms with E-state index in [1.165, 1.54) is 12.8 Å². The zero-order valence-electron chi connectivity index (χ0n) is 12.6. The summed E-state index contributed by atoms with van der Waals surface area (Å²) in [5.41, 5.74) is 0.153. The Hall–Kier alpha value is -0.940. The predicted molar refractivity (Wildman–Crippen MR) is 72.8 cm³/mol. The second-order valence-corrected chi connectivity index (χ2v) is 6.45. The van der Waals surface area contributed by atoms with Crippen LogP contribution in [0, 0.1) is 11.3 Å². The molecule has 19 heavy (non-hydrogen) atoms. The van der Waals surface area contributed by atoms with Crippen LogP contribution in [0.5, 0.6) is 0 Å². The molecule has 1 aliphatic carbocycles. The highest BCUT2D eigenvalue weighted by Crippen LogP contribution is 2.41. The van der Waals surface area contributed by atoms with Gasteiger partial charge in [0.25, 0.3) is 0 Å². The van der Waals surface area contributed by atoms with Crippen molar-refractivity contribution < 1.29 is 9.26 Å². The van der Waals surface area contributed by atoms with Gasteiger partial charge in [0.2, 0.25) is 11.7 Å². The van der Waals surface area contributed by atoms with Gasteiger partial charge in [0.05, 0.1) is 0 Å². The van der Waals surface area contributed by atoms with Crippen LogP contribution < -0.4 is 5.32 Å². The number of methoxy groups -OCH3 is 1. The van der Waals surface area contributed by atoms with E-state index in [0.717, 1.165) is 6.42 Å². The monoisotopic (exact) mass is 267 g/mol. The number of rotatable bonds is 6. The molecule has 0 aliphatic heterocycles. The van der Waals surface area contributed by atoms with Crippen molar-refractivity contribution in [3.05, 3.63) is 11.7 Å². The minimum absolute atomic E-state index is 0.000160. The summed E-state index contributed by atoms with van der Waals surface area (Å²) in [6, 6.07) is 0.308. The summed E-state index contributed by atoms with van der Waals surface area (Å²) in [4.78, 5) is 4.50. The molecule has 0 saturated heterocycles. The van der Waals surface area contributed by atoms with Crippen LogP contribution in [-0.2, 0) is 11.2 Å². The Balaban J connectivity index is 2.04. The zero-order chi connectivity index (χ0) is 14.0. The summed E-state index contributed by atoms with van der Waals surface area (Å²) in [6.45, 7) is 6.61. The molecule has 1 heterocycles. The third-order valence-electron chi connectivity index (χ3n) is 3.81. The lowest BCUT2D eigenvalue weighted by atomic mass is 9.85. The number of hydrogen-bond donors (Lipinski definition) is 1. The molecular formula is C14H25N3O2. The van der Waals surface area contributed by atoms with Crippen LogP contribution in [0.25, 0.3) is 0 Å². The van der Waals surface area contributed by atoms with Gasteiger partial charge in [0.1, 0.15) is 6.10 Å². The summed E-state index contributed by atoms with van der Waals surface area (Å²) in [7, 11) is 3.68. The molecule has 1 fully saturated rings. The van der Waals surface area contributed by atoms with E-state index in [1.54, 1.807) is 7.11 Å². The van der Waals surface area contributed by atoms with Gasteiger partial charge in [0.15, 0.2) is 0 Å². The van der Waals surface area contributed by atoms with Gasteiger partial charge in [-0.05, 0) is 31.2 Å². The number of hydrogen-bond acceptors (Lipinski definition) is 5.